The second kappa shape index (κ2) is 6.25. The summed E-state index contributed by atoms with van der Waals surface area (Å²) >= 11 is 1.57. The van der Waals surface area contributed by atoms with Gasteiger partial charge in [-0.15, -0.1) is 11.3 Å². The molecule has 3 aromatic rings. The lowest BCUT2D eigenvalue weighted by Crippen LogP contribution is -2.24. The number of thiazole rings is 1. The molecule has 1 atom stereocenters. The van der Waals surface area contributed by atoms with Gasteiger partial charge in [-0.3, -0.25) is 4.98 Å². The highest BCUT2D eigenvalue weighted by molar-refractivity contribution is 7.13. The lowest BCUT2D eigenvalue weighted by atomic mass is 10.2. The van der Waals surface area contributed by atoms with Gasteiger partial charge in [0.1, 0.15) is 0 Å². The van der Waals surface area contributed by atoms with Crippen LogP contribution in [0.4, 0.5) is 16.9 Å². The highest BCUT2D eigenvalue weighted by Gasteiger charge is 2.29. The van der Waals surface area contributed by atoms with Gasteiger partial charge in [0.05, 0.1) is 17.9 Å². The molecule has 0 aliphatic carbocycles. The number of aromatic nitrogens is 5. The van der Waals surface area contributed by atoms with Crippen LogP contribution in [0, 0.1) is 0 Å². The topological polar surface area (TPSA) is 79.7 Å². The van der Waals surface area contributed by atoms with Crippen LogP contribution in [0.25, 0.3) is 0 Å². The SMILES string of the molecule is c1cnc(N2CCCC2c2csc(Nc3cnccn3)n2)nc1. The Morgan fingerprint density at radius 2 is 2.04 bits per heavy atom. The van der Waals surface area contributed by atoms with Crippen molar-refractivity contribution in [1.82, 2.24) is 24.9 Å². The van der Waals surface area contributed by atoms with Gasteiger partial charge < -0.3 is 10.2 Å². The van der Waals surface area contributed by atoms with Crippen molar-refractivity contribution < 1.29 is 0 Å². The van der Waals surface area contributed by atoms with Crippen LogP contribution in [0.2, 0.25) is 0 Å². The van der Waals surface area contributed by atoms with Gasteiger partial charge in [0.25, 0.3) is 0 Å². The van der Waals surface area contributed by atoms with Crippen LogP contribution in [0.15, 0.2) is 42.4 Å². The van der Waals surface area contributed by atoms with Gasteiger partial charge in [-0.25, -0.2) is 19.9 Å². The summed E-state index contributed by atoms with van der Waals surface area (Å²) in [4.78, 5) is 23.9. The maximum atomic E-state index is 4.71. The first-order chi connectivity index (χ1) is 11.4. The van der Waals surface area contributed by atoms with Crippen molar-refractivity contribution in [3.8, 4) is 0 Å². The van der Waals surface area contributed by atoms with E-state index in [1.807, 2.05) is 6.07 Å². The Bertz CT molecular complexity index is 762. The van der Waals surface area contributed by atoms with Crippen LogP contribution in [0.5, 0.6) is 0 Å². The minimum absolute atomic E-state index is 0.228. The molecule has 0 bridgehead atoms. The Morgan fingerprint density at radius 3 is 2.87 bits per heavy atom. The summed E-state index contributed by atoms with van der Waals surface area (Å²) in [5.74, 6) is 1.47. The number of hydrogen-bond donors (Lipinski definition) is 1. The average molecular weight is 325 g/mol. The molecule has 1 fully saturated rings. The van der Waals surface area contributed by atoms with Crippen molar-refractivity contribution >= 4 is 28.2 Å². The Kier molecular flexibility index (Phi) is 3.81. The van der Waals surface area contributed by atoms with Crippen molar-refractivity contribution in [3.05, 3.63) is 48.1 Å². The molecule has 7 nitrogen and oxygen atoms in total. The standard InChI is InChI=1S/C15H15N7S/c1-3-12(22(8-1)14-18-4-2-5-19-14)11-10-23-15(20-11)21-13-9-16-6-7-17-13/h2,4-7,9-10,12H,1,3,8H2,(H,17,20,21). The number of nitrogens with one attached hydrogen (secondary N) is 1. The lowest BCUT2D eigenvalue weighted by molar-refractivity contribution is 0.685. The van der Waals surface area contributed by atoms with E-state index < -0.39 is 0 Å². The number of anilines is 3. The molecule has 1 aliphatic heterocycles. The van der Waals surface area contributed by atoms with Crippen molar-refractivity contribution in [2.24, 2.45) is 0 Å². The fraction of sp³-hybridized carbons (Fsp3) is 0.267. The summed E-state index contributed by atoms with van der Waals surface area (Å²) in [5, 5.41) is 6.09. The molecule has 4 rings (SSSR count). The summed E-state index contributed by atoms with van der Waals surface area (Å²) in [6, 6.07) is 2.06. The summed E-state index contributed by atoms with van der Waals surface area (Å²) in [6.45, 7) is 0.957. The Labute approximate surface area is 137 Å². The maximum Gasteiger partial charge on any atom is 0.225 e. The summed E-state index contributed by atoms with van der Waals surface area (Å²) < 4.78 is 0. The van der Waals surface area contributed by atoms with Crippen molar-refractivity contribution in [1.29, 1.82) is 0 Å². The third kappa shape index (κ3) is 2.98. The van der Waals surface area contributed by atoms with E-state index in [2.05, 4.69) is 35.5 Å². The summed E-state index contributed by atoms with van der Waals surface area (Å²) in [5.41, 5.74) is 1.05. The molecule has 3 aromatic heterocycles. The molecule has 1 saturated heterocycles. The minimum Gasteiger partial charge on any atom is -0.332 e. The van der Waals surface area contributed by atoms with E-state index in [9.17, 15) is 0 Å². The first kappa shape index (κ1) is 14.0. The Hall–Kier alpha value is -2.61. The van der Waals surface area contributed by atoms with Crippen LogP contribution in [-0.4, -0.2) is 31.5 Å². The predicted octanol–water partition coefficient (Wildman–Crippen LogP) is 2.81. The first-order valence-electron chi connectivity index (χ1n) is 7.42. The molecule has 0 aromatic carbocycles. The largest absolute Gasteiger partial charge is 0.332 e. The highest BCUT2D eigenvalue weighted by Crippen LogP contribution is 2.35. The highest BCUT2D eigenvalue weighted by atomic mass is 32.1. The van der Waals surface area contributed by atoms with Crippen molar-refractivity contribution in [2.75, 3.05) is 16.8 Å². The van der Waals surface area contributed by atoms with Crippen molar-refractivity contribution in [2.45, 2.75) is 18.9 Å². The molecular formula is C15H15N7S. The van der Waals surface area contributed by atoms with Gasteiger partial charge in [-0.2, -0.15) is 0 Å². The Morgan fingerprint density at radius 1 is 1.13 bits per heavy atom. The van der Waals surface area contributed by atoms with Gasteiger partial charge in [-0.05, 0) is 18.9 Å². The first-order valence-corrected chi connectivity index (χ1v) is 8.30. The zero-order chi connectivity index (χ0) is 15.5. The molecule has 0 spiro atoms. The fourth-order valence-electron chi connectivity index (χ4n) is 2.72. The maximum absolute atomic E-state index is 4.71. The fourth-order valence-corrected chi connectivity index (χ4v) is 3.49. The molecule has 116 valence electrons. The van der Waals surface area contributed by atoms with E-state index in [1.54, 1.807) is 42.3 Å². The number of hydrogen-bond acceptors (Lipinski definition) is 8. The van der Waals surface area contributed by atoms with Crippen LogP contribution in [0.3, 0.4) is 0 Å². The molecule has 1 aliphatic rings. The molecule has 23 heavy (non-hydrogen) atoms. The molecule has 0 radical (unpaired) electrons. The number of nitrogens with zero attached hydrogens (tertiary/aromatic N) is 6. The summed E-state index contributed by atoms with van der Waals surface area (Å²) in [7, 11) is 0. The van der Waals surface area contributed by atoms with Crippen LogP contribution in [-0.2, 0) is 0 Å². The molecule has 4 heterocycles. The van der Waals surface area contributed by atoms with E-state index in [4.69, 9.17) is 4.98 Å². The van der Waals surface area contributed by atoms with E-state index in [0.29, 0.717) is 5.82 Å². The Balaban J connectivity index is 1.54. The smallest absolute Gasteiger partial charge is 0.225 e. The molecular weight excluding hydrogens is 310 g/mol. The summed E-state index contributed by atoms with van der Waals surface area (Å²) in [6.07, 6.45) is 10.7. The van der Waals surface area contributed by atoms with Crippen LogP contribution < -0.4 is 10.2 Å². The van der Waals surface area contributed by atoms with E-state index >= 15 is 0 Å². The zero-order valence-electron chi connectivity index (χ0n) is 12.3. The zero-order valence-corrected chi connectivity index (χ0v) is 13.1. The van der Waals surface area contributed by atoms with Crippen LogP contribution in [0.1, 0.15) is 24.6 Å². The molecule has 0 amide bonds. The van der Waals surface area contributed by atoms with Gasteiger partial charge in [-0.1, -0.05) is 0 Å². The van der Waals surface area contributed by atoms with Gasteiger partial charge in [0.2, 0.25) is 5.95 Å². The molecule has 1 unspecified atom stereocenters. The van der Waals surface area contributed by atoms with Gasteiger partial charge in [0, 0.05) is 36.7 Å². The quantitative estimate of drug-likeness (QED) is 0.790. The third-order valence-corrected chi connectivity index (χ3v) is 4.50. The molecule has 8 heteroatoms. The second-order valence-corrected chi connectivity index (χ2v) is 6.05. The normalized spacial score (nSPS) is 17.4. The van der Waals surface area contributed by atoms with E-state index in [-0.39, 0.29) is 6.04 Å². The van der Waals surface area contributed by atoms with Gasteiger partial charge in [0.15, 0.2) is 10.9 Å². The predicted molar refractivity (Wildman–Crippen MR) is 88.8 cm³/mol. The minimum atomic E-state index is 0.228. The molecule has 1 N–H and O–H groups in total. The molecule has 0 saturated carbocycles. The van der Waals surface area contributed by atoms with Crippen molar-refractivity contribution in [3.63, 3.8) is 0 Å². The van der Waals surface area contributed by atoms with Crippen LogP contribution >= 0.6 is 11.3 Å². The van der Waals surface area contributed by atoms with E-state index in [1.165, 1.54) is 0 Å². The monoisotopic (exact) mass is 325 g/mol. The second-order valence-electron chi connectivity index (χ2n) is 5.19. The lowest BCUT2D eigenvalue weighted by Gasteiger charge is -2.22. The van der Waals surface area contributed by atoms with Gasteiger partial charge >= 0.3 is 0 Å². The third-order valence-electron chi connectivity index (χ3n) is 3.72. The van der Waals surface area contributed by atoms with E-state index in [0.717, 1.165) is 36.2 Å². The number of rotatable bonds is 4. The average Bonchev–Trinajstić information content (AvgIpc) is 3.25.